The summed E-state index contributed by atoms with van der Waals surface area (Å²) in [5.74, 6) is 0.695. The van der Waals surface area contributed by atoms with Gasteiger partial charge in [0.2, 0.25) is 5.91 Å². The minimum Gasteiger partial charge on any atom is -0.361 e. The molecule has 0 radical (unpaired) electrons. The molecule has 0 aromatic carbocycles. The van der Waals surface area contributed by atoms with Crippen LogP contribution in [0.15, 0.2) is 41.3 Å². The second kappa shape index (κ2) is 8.04. The molecule has 5 nitrogen and oxygen atoms in total. The third-order valence-electron chi connectivity index (χ3n) is 5.62. The molecule has 2 atom stereocenters. The molecule has 0 unspecified atom stereocenters. The van der Waals surface area contributed by atoms with E-state index in [2.05, 4.69) is 52.5 Å². The fourth-order valence-corrected chi connectivity index (χ4v) is 4.55. The van der Waals surface area contributed by atoms with Crippen molar-refractivity contribution in [2.75, 3.05) is 18.2 Å². The predicted molar refractivity (Wildman–Crippen MR) is 118 cm³/mol. The smallest absolute Gasteiger partial charge is 0.241 e. The van der Waals surface area contributed by atoms with E-state index < -0.39 is 13.5 Å². The van der Waals surface area contributed by atoms with Crippen molar-refractivity contribution in [1.29, 1.82) is 0 Å². The van der Waals surface area contributed by atoms with Crippen LogP contribution in [0.25, 0.3) is 0 Å². The second-order valence-electron chi connectivity index (χ2n) is 8.79. The fourth-order valence-electron chi connectivity index (χ4n) is 3.56. The number of anilines is 1. The number of amides is 1. The van der Waals surface area contributed by atoms with Crippen LogP contribution in [0.1, 0.15) is 30.9 Å². The summed E-state index contributed by atoms with van der Waals surface area (Å²) in [6.45, 7) is 12.0. The molecule has 0 saturated heterocycles. The van der Waals surface area contributed by atoms with Crippen LogP contribution in [0.3, 0.4) is 0 Å². The Labute approximate surface area is 176 Å². The van der Waals surface area contributed by atoms with E-state index in [-0.39, 0.29) is 18.6 Å². The Morgan fingerprint density at radius 1 is 1.25 bits per heavy atom. The standard InChI is InChI=1S/C21H28BrN3O2Si/c1-15(16-8-9-18(22)24-13-16)21(2)17-7-6-10-23-19(17)25(20(21)26)14-27-11-12-28(3,4)5/h6-10,13,15H,11-12,14H2,1-5H3/t15-,21+/m1/s1. The Hall–Kier alpha value is -1.57. The molecule has 2 aromatic rings. The minimum atomic E-state index is -1.17. The quantitative estimate of drug-likeness (QED) is 0.332. The number of aromatic nitrogens is 2. The molecular formula is C21H28BrN3O2Si. The number of hydrogen-bond donors (Lipinski definition) is 0. The summed E-state index contributed by atoms with van der Waals surface area (Å²) in [7, 11) is -1.17. The van der Waals surface area contributed by atoms with Gasteiger partial charge >= 0.3 is 0 Å². The summed E-state index contributed by atoms with van der Waals surface area (Å²) in [4.78, 5) is 24.1. The zero-order valence-electron chi connectivity index (χ0n) is 17.2. The van der Waals surface area contributed by atoms with Gasteiger partial charge in [0.1, 0.15) is 17.2 Å². The molecule has 0 saturated carbocycles. The first kappa shape index (κ1) is 21.1. The Kier molecular flexibility index (Phi) is 6.07. The van der Waals surface area contributed by atoms with Crippen LogP contribution >= 0.6 is 15.9 Å². The number of halogens is 1. The lowest BCUT2D eigenvalue weighted by molar-refractivity contribution is -0.124. The topological polar surface area (TPSA) is 55.3 Å². The van der Waals surface area contributed by atoms with Crippen LogP contribution in [0.5, 0.6) is 0 Å². The number of fused-ring (bicyclic) bond motifs is 1. The van der Waals surface area contributed by atoms with E-state index in [1.165, 1.54) is 0 Å². The van der Waals surface area contributed by atoms with Gasteiger partial charge in [-0.1, -0.05) is 38.7 Å². The highest BCUT2D eigenvalue weighted by Gasteiger charge is 2.52. The summed E-state index contributed by atoms with van der Waals surface area (Å²) < 4.78 is 6.68. The molecule has 0 fully saturated rings. The van der Waals surface area contributed by atoms with E-state index in [0.717, 1.165) is 21.8 Å². The van der Waals surface area contributed by atoms with Crippen LogP contribution < -0.4 is 4.90 Å². The monoisotopic (exact) mass is 461 g/mol. The van der Waals surface area contributed by atoms with Gasteiger partial charge < -0.3 is 4.74 Å². The molecule has 1 aliphatic heterocycles. The van der Waals surface area contributed by atoms with Crippen molar-refractivity contribution in [3.63, 3.8) is 0 Å². The molecule has 2 aromatic heterocycles. The number of carbonyl (C=O) groups excluding carboxylic acids is 1. The molecule has 1 aliphatic rings. The van der Waals surface area contributed by atoms with Gasteiger partial charge in [-0.15, -0.1) is 0 Å². The van der Waals surface area contributed by atoms with E-state index in [4.69, 9.17) is 4.74 Å². The highest BCUT2D eigenvalue weighted by Crippen LogP contribution is 2.48. The molecule has 150 valence electrons. The fraction of sp³-hybridized carbons (Fsp3) is 0.476. The summed E-state index contributed by atoms with van der Waals surface area (Å²) >= 11 is 3.38. The Balaban J connectivity index is 1.86. The summed E-state index contributed by atoms with van der Waals surface area (Å²) in [5.41, 5.74) is 1.26. The van der Waals surface area contributed by atoms with E-state index in [9.17, 15) is 4.79 Å². The van der Waals surface area contributed by atoms with Crippen LogP contribution in [0.2, 0.25) is 25.7 Å². The van der Waals surface area contributed by atoms with E-state index >= 15 is 0 Å². The Bertz CT molecular complexity index is 853. The largest absolute Gasteiger partial charge is 0.361 e. The first-order valence-corrected chi connectivity index (χ1v) is 14.1. The molecular weight excluding hydrogens is 434 g/mol. The van der Waals surface area contributed by atoms with Crippen LogP contribution in [-0.4, -0.2) is 37.3 Å². The van der Waals surface area contributed by atoms with Crippen molar-refractivity contribution < 1.29 is 9.53 Å². The first-order valence-electron chi connectivity index (χ1n) is 9.61. The lowest BCUT2D eigenvalue weighted by Crippen LogP contribution is -2.42. The van der Waals surface area contributed by atoms with Gasteiger partial charge in [-0.05, 0) is 46.6 Å². The van der Waals surface area contributed by atoms with Gasteiger partial charge in [0.25, 0.3) is 0 Å². The van der Waals surface area contributed by atoms with Gasteiger partial charge in [0.05, 0.1) is 5.41 Å². The zero-order chi connectivity index (χ0) is 20.5. The van der Waals surface area contributed by atoms with Crippen LogP contribution in [0.4, 0.5) is 5.82 Å². The maximum absolute atomic E-state index is 13.5. The third kappa shape index (κ3) is 4.07. The number of nitrogens with zero attached hydrogens (tertiary/aromatic N) is 3. The highest BCUT2D eigenvalue weighted by molar-refractivity contribution is 9.10. The minimum absolute atomic E-state index is 0.0321. The molecule has 3 heterocycles. The number of pyridine rings is 2. The maximum Gasteiger partial charge on any atom is 0.241 e. The predicted octanol–water partition coefficient (Wildman–Crippen LogP) is 4.96. The second-order valence-corrected chi connectivity index (χ2v) is 15.2. The average Bonchev–Trinajstić information content (AvgIpc) is 2.87. The summed E-state index contributed by atoms with van der Waals surface area (Å²) in [5, 5.41) is 0. The number of ether oxygens (including phenoxy) is 1. The molecule has 1 amide bonds. The zero-order valence-corrected chi connectivity index (χ0v) is 19.8. The lowest BCUT2D eigenvalue weighted by atomic mass is 9.71. The van der Waals surface area contributed by atoms with Crippen molar-refractivity contribution in [2.45, 2.75) is 50.9 Å². The number of hydrogen-bond acceptors (Lipinski definition) is 4. The molecule has 0 spiro atoms. The van der Waals surface area contributed by atoms with Gasteiger partial charge in [0, 0.05) is 38.6 Å². The molecule has 0 bridgehead atoms. The van der Waals surface area contributed by atoms with Crippen molar-refractivity contribution in [3.05, 3.63) is 52.4 Å². The molecule has 28 heavy (non-hydrogen) atoms. The summed E-state index contributed by atoms with van der Waals surface area (Å²) in [6, 6.07) is 8.90. The Morgan fingerprint density at radius 2 is 2.00 bits per heavy atom. The van der Waals surface area contributed by atoms with E-state index in [0.29, 0.717) is 12.4 Å². The SMILES string of the molecule is C[C@H](c1ccc(Br)nc1)[C@]1(C)C(=O)N(COCC[Si](C)(C)C)c2ncccc21. The first-order chi connectivity index (χ1) is 13.1. The van der Waals surface area contributed by atoms with Crippen LogP contribution in [0, 0.1) is 0 Å². The van der Waals surface area contributed by atoms with Crippen molar-refractivity contribution in [3.8, 4) is 0 Å². The normalized spacial score (nSPS) is 20.4. The van der Waals surface area contributed by atoms with Gasteiger partial charge in [0.15, 0.2) is 0 Å². The molecule has 0 aliphatic carbocycles. The lowest BCUT2D eigenvalue weighted by Gasteiger charge is -2.31. The van der Waals surface area contributed by atoms with E-state index in [1.807, 2.05) is 37.4 Å². The average molecular weight is 462 g/mol. The molecule has 3 rings (SSSR count). The third-order valence-corrected chi connectivity index (χ3v) is 7.80. The van der Waals surface area contributed by atoms with Gasteiger partial charge in [-0.3, -0.25) is 9.69 Å². The van der Waals surface area contributed by atoms with Gasteiger partial charge in [-0.2, -0.15) is 0 Å². The number of carbonyl (C=O) groups is 1. The highest BCUT2D eigenvalue weighted by atomic mass is 79.9. The van der Waals surface area contributed by atoms with Crippen molar-refractivity contribution in [2.24, 2.45) is 0 Å². The molecule has 0 N–H and O–H groups in total. The maximum atomic E-state index is 13.5. The number of rotatable bonds is 7. The van der Waals surface area contributed by atoms with E-state index in [1.54, 1.807) is 11.1 Å². The molecule has 7 heteroatoms. The van der Waals surface area contributed by atoms with Gasteiger partial charge in [-0.25, -0.2) is 9.97 Å². The van der Waals surface area contributed by atoms with Crippen LogP contribution in [-0.2, 0) is 14.9 Å². The summed E-state index contributed by atoms with van der Waals surface area (Å²) in [6.07, 6.45) is 3.56. The Morgan fingerprint density at radius 3 is 2.64 bits per heavy atom. The van der Waals surface area contributed by atoms with Crippen molar-refractivity contribution >= 4 is 35.7 Å². The van der Waals surface area contributed by atoms with Crippen molar-refractivity contribution in [1.82, 2.24) is 9.97 Å².